The summed E-state index contributed by atoms with van der Waals surface area (Å²) in [6.45, 7) is 1.95. The molecule has 3 rings (SSSR count). The number of nitrogens with one attached hydrogen (secondary N) is 3. The van der Waals surface area contributed by atoms with Gasteiger partial charge in [0.15, 0.2) is 5.13 Å². The Morgan fingerprint density at radius 3 is 2.81 bits per heavy atom. The van der Waals surface area contributed by atoms with Gasteiger partial charge >= 0.3 is 0 Å². The molecule has 0 fully saturated rings. The molecule has 26 heavy (non-hydrogen) atoms. The average Bonchev–Trinajstić information content (AvgIpc) is 3.01. The molecule has 0 aliphatic carbocycles. The van der Waals surface area contributed by atoms with Crippen LogP contribution in [-0.4, -0.2) is 21.8 Å². The minimum atomic E-state index is -0.544. The van der Waals surface area contributed by atoms with E-state index in [9.17, 15) is 14.4 Å². The van der Waals surface area contributed by atoms with Crippen LogP contribution < -0.4 is 16.2 Å². The summed E-state index contributed by atoms with van der Waals surface area (Å²) in [5.74, 6) is -0.741. The second kappa shape index (κ2) is 7.75. The number of carbonyl (C=O) groups excluding carboxylic acids is 2. The Morgan fingerprint density at radius 1 is 1.19 bits per heavy atom. The zero-order chi connectivity index (χ0) is 18.5. The van der Waals surface area contributed by atoms with Crippen LogP contribution in [0.1, 0.15) is 21.6 Å². The fraction of sp³-hybridized carbons (Fsp3) is 0.111. The molecular formula is C18H16N4O3S. The molecule has 132 valence electrons. The first-order chi connectivity index (χ1) is 12.5. The number of hydrogen-bond donors (Lipinski definition) is 3. The van der Waals surface area contributed by atoms with Crippen molar-refractivity contribution in [2.75, 3.05) is 10.6 Å². The number of amides is 2. The van der Waals surface area contributed by atoms with Gasteiger partial charge in [-0.1, -0.05) is 12.1 Å². The molecule has 0 bridgehead atoms. The number of pyridine rings is 1. The molecule has 8 heteroatoms. The number of benzene rings is 1. The molecule has 2 amide bonds. The van der Waals surface area contributed by atoms with Crippen molar-refractivity contribution in [1.29, 1.82) is 0 Å². The second-order valence-corrected chi connectivity index (χ2v) is 6.46. The molecular weight excluding hydrogens is 352 g/mol. The SMILES string of the molecule is Cc1cccc(NC(=O)Cc2csc(NC(=O)c3ccc[nH]c3=O)n2)c1. The van der Waals surface area contributed by atoms with Crippen molar-refractivity contribution >= 4 is 34.0 Å². The molecule has 0 aliphatic rings. The lowest BCUT2D eigenvalue weighted by atomic mass is 10.2. The highest BCUT2D eigenvalue weighted by atomic mass is 32.1. The van der Waals surface area contributed by atoms with E-state index in [-0.39, 0.29) is 17.9 Å². The molecule has 0 atom stereocenters. The predicted molar refractivity (Wildman–Crippen MR) is 101 cm³/mol. The van der Waals surface area contributed by atoms with Gasteiger partial charge in [0.05, 0.1) is 12.1 Å². The summed E-state index contributed by atoms with van der Waals surface area (Å²) in [5.41, 5.74) is 1.84. The van der Waals surface area contributed by atoms with Gasteiger partial charge in [-0.3, -0.25) is 19.7 Å². The third-order valence-electron chi connectivity index (χ3n) is 3.48. The van der Waals surface area contributed by atoms with Crippen LogP contribution in [0.5, 0.6) is 0 Å². The summed E-state index contributed by atoms with van der Waals surface area (Å²) >= 11 is 1.19. The molecule has 1 aromatic carbocycles. The number of nitrogens with zero attached hydrogens (tertiary/aromatic N) is 1. The van der Waals surface area contributed by atoms with Crippen LogP contribution in [-0.2, 0) is 11.2 Å². The molecule has 0 saturated carbocycles. The van der Waals surface area contributed by atoms with Crippen LogP contribution in [0.2, 0.25) is 0 Å². The Labute approximate surface area is 153 Å². The zero-order valence-corrected chi connectivity index (χ0v) is 14.7. The van der Waals surface area contributed by atoms with Gasteiger partial charge in [0.1, 0.15) is 5.56 Å². The molecule has 0 saturated heterocycles. The normalized spacial score (nSPS) is 10.3. The van der Waals surface area contributed by atoms with E-state index >= 15 is 0 Å². The highest BCUT2D eigenvalue weighted by molar-refractivity contribution is 7.14. The van der Waals surface area contributed by atoms with Crippen molar-refractivity contribution in [2.45, 2.75) is 13.3 Å². The maximum Gasteiger partial charge on any atom is 0.263 e. The molecule has 3 N–H and O–H groups in total. The summed E-state index contributed by atoms with van der Waals surface area (Å²) in [5, 5.41) is 7.40. The van der Waals surface area contributed by atoms with Gasteiger partial charge in [0, 0.05) is 17.3 Å². The molecule has 2 aromatic heterocycles. The van der Waals surface area contributed by atoms with Crippen LogP contribution in [0, 0.1) is 6.92 Å². The van der Waals surface area contributed by atoms with Crippen molar-refractivity contribution in [1.82, 2.24) is 9.97 Å². The maximum atomic E-state index is 12.1. The molecule has 0 radical (unpaired) electrons. The molecule has 0 unspecified atom stereocenters. The smallest absolute Gasteiger partial charge is 0.263 e. The number of anilines is 2. The number of aryl methyl sites for hydroxylation is 1. The maximum absolute atomic E-state index is 12.1. The van der Waals surface area contributed by atoms with Gasteiger partial charge in [-0.2, -0.15) is 0 Å². The van der Waals surface area contributed by atoms with Gasteiger partial charge in [-0.15, -0.1) is 11.3 Å². The van der Waals surface area contributed by atoms with E-state index in [0.29, 0.717) is 10.8 Å². The summed E-state index contributed by atoms with van der Waals surface area (Å²) in [7, 11) is 0. The van der Waals surface area contributed by atoms with Crippen molar-refractivity contribution in [3.8, 4) is 0 Å². The third kappa shape index (κ3) is 4.42. The van der Waals surface area contributed by atoms with Gasteiger partial charge in [-0.05, 0) is 36.8 Å². The number of carbonyl (C=O) groups is 2. The third-order valence-corrected chi connectivity index (χ3v) is 4.29. The molecule has 7 nitrogen and oxygen atoms in total. The lowest BCUT2D eigenvalue weighted by molar-refractivity contribution is -0.115. The number of rotatable bonds is 5. The lowest BCUT2D eigenvalue weighted by Crippen LogP contribution is -2.22. The Bertz CT molecular complexity index is 1010. The van der Waals surface area contributed by atoms with Crippen molar-refractivity contribution in [3.05, 3.63) is 75.1 Å². The van der Waals surface area contributed by atoms with Crippen molar-refractivity contribution in [2.24, 2.45) is 0 Å². The fourth-order valence-electron chi connectivity index (χ4n) is 2.30. The van der Waals surface area contributed by atoms with Crippen molar-refractivity contribution < 1.29 is 9.59 Å². The molecule has 2 heterocycles. The Kier molecular flexibility index (Phi) is 5.23. The minimum Gasteiger partial charge on any atom is -0.328 e. The van der Waals surface area contributed by atoms with Crippen LogP contribution in [0.15, 0.2) is 52.8 Å². The molecule has 0 aliphatic heterocycles. The first-order valence-electron chi connectivity index (χ1n) is 7.81. The highest BCUT2D eigenvalue weighted by Crippen LogP contribution is 2.17. The fourth-order valence-corrected chi connectivity index (χ4v) is 3.01. The van der Waals surface area contributed by atoms with Gasteiger partial charge in [0.25, 0.3) is 11.5 Å². The predicted octanol–water partition coefficient (Wildman–Crippen LogP) is 2.57. The van der Waals surface area contributed by atoms with Crippen LogP contribution >= 0.6 is 11.3 Å². The van der Waals surface area contributed by atoms with E-state index in [1.54, 1.807) is 11.4 Å². The standard InChI is InChI=1S/C18H16N4O3S/c1-11-4-2-5-12(8-11)20-15(23)9-13-10-26-18(21-13)22-17(25)14-6-3-7-19-16(14)24/h2-8,10H,9H2,1H3,(H,19,24)(H,20,23)(H,21,22,25). The van der Waals surface area contributed by atoms with Crippen LogP contribution in [0.4, 0.5) is 10.8 Å². The van der Waals surface area contributed by atoms with E-state index in [0.717, 1.165) is 11.3 Å². The summed E-state index contributed by atoms with van der Waals surface area (Å²) in [6.07, 6.45) is 1.54. The Balaban J connectivity index is 1.61. The van der Waals surface area contributed by atoms with Crippen LogP contribution in [0.25, 0.3) is 0 Å². The minimum absolute atomic E-state index is 0.00133. The largest absolute Gasteiger partial charge is 0.328 e. The van der Waals surface area contributed by atoms with Crippen molar-refractivity contribution in [3.63, 3.8) is 0 Å². The number of aromatic nitrogens is 2. The highest BCUT2D eigenvalue weighted by Gasteiger charge is 2.13. The molecule has 3 aromatic rings. The van der Waals surface area contributed by atoms with Crippen LogP contribution in [0.3, 0.4) is 0 Å². The second-order valence-electron chi connectivity index (χ2n) is 5.61. The van der Waals surface area contributed by atoms with E-state index in [1.165, 1.54) is 23.6 Å². The number of H-pyrrole nitrogens is 1. The van der Waals surface area contributed by atoms with E-state index in [4.69, 9.17) is 0 Å². The Morgan fingerprint density at radius 2 is 2.04 bits per heavy atom. The number of hydrogen-bond acceptors (Lipinski definition) is 5. The molecule has 0 spiro atoms. The number of thiazole rings is 1. The summed E-state index contributed by atoms with van der Waals surface area (Å²) in [6, 6.07) is 10.5. The van der Waals surface area contributed by atoms with Gasteiger partial charge in [-0.25, -0.2) is 4.98 Å². The topological polar surface area (TPSA) is 104 Å². The number of aromatic amines is 1. The Hall–Kier alpha value is -3.26. The van der Waals surface area contributed by atoms with E-state index in [2.05, 4.69) is 20.6 Å². The average molecular weight is 368 g/mol. The summed E-state index contributed by atoms with van der Waals surface area (Å²) in [4.78, 5) is 42.5. The summed E-state index contributed by atoms with van der Waals surface area (Å²) < 4.78 is 0. The monoisotopic (exact) mass is 368 g/mol. The van der Waals surface area contributed by atoms with Gasteiger partial charge < -0.3 is 10.3 Å². The first kappa shape index (κ1) is 17.6. The lowest BCUT2D eigenvalue weighted by Gasteiger charge is -2.04. The van der Waals surface area contributed by atoms with E-state index in [1.807, 2.05) is 31.2 Å². The zero-order valence-electron chi connectivity index (χ0n) is 13.9. The first-order valence-corrected chi connectivity index (χ1v) is 8.69. The quantitative estimate of drug-likeness (QED) is 0.644. The van der Waals surface area contributed by atoms with Gasteiger partial charge in [0.2, 0.25) is 5.91 Å². The van der Waals surface area contributed by atoms with E-state index < -0.39 is 11.5 Å².